The Morgan fingerprint density at radius 1 is 1.06 bits per heavy atom. The molecule has 2 atom stereocenters. The lowest BCUT2D eigenvalue weighted by Crippen LogP contribution is -2.30. The largest absolute Gasteiger partial charge is 0.316 e. The van der Waals surface area contributed by atoms with Gasteiger partial charge in [-0.2, -0.15) is 0 Å². The minimum atomic E-state index is 0.586. The van der Waals surface area contributed by atoms with Gasteiger partial charge in [-0.3, -0.25) is 0 Å². The van der Waals surface area contributed by atoms with Gasteiger partial charge in [-0.05, 0) is 42.9 Å². The molecule has 0 amide bonds. The summed E-state index contributed by atoms with van der Waals surface area (Å²) in [7, 11) is 2.07. The van der Waals surface area contributed by atoms with E-state index in [4.69, 9.17) is 0 Å². The molecule has 0 saturated carbocycles. The van der Waals surface area contributed by atoms with E-state index in [0.717, 1.165) is 5.92 Å². The Bertz CT molecular complexity index is 326. The third-order valence-corrected chi connectivity index (χ3v) is 3.72. The molecule has 0 heterocycles. The Labute approximate surface area is 113 Å². The molecule has 1 aromatic carbocycles. The number of hydrogen-bond acceptors (Lipinski definition) is 1. The average molecular weight is 247 g/mol. The third-order valence-electron chi connectivity index (χ3n) is 3.72. The molecule has 0 spiro atoms. The molecule has 1 nitrogen and oxygen atoms in total. The maximum Gasteiger partial charge on any atom is 0.0130 e. The molecule has 0 fully saturated rings. The van der Waals surface area contributed by atoms with Crippen molar-refractivity contribution in [2.75, 3.05) is 7.05 Å². The molecule has 0 aliphatic rings. The molecule has 0 saturated heterocycles. The summed E-state index contributed by atoms with van der Waals surface area (Å²) in [5.41, 5.74) is 2.91. The van der Waals surface area contributed by atoms with Gasteiger partial charge in [0.2, 0.25) is 0 Å². The zero-order chi connectivity index (χ0) is 13.5. The summed E-state index contributed by atoms with van der Waals surface area (Å²) in [6, 6.07) is 9.80. The highest BCUT2D eigenvalue weighted by Gasteiger charge is 2.16. The minimum absolute atomic E-state index is 0.586. The van der Waals surface area contributed by atoms with Crippen LogP contribution in [0.4, 0.5) is 0 Å². The highest BCUT2D eigenvalue weighted by atomic mass is 14.9. The second-order valence-electron chi connectivity index (χ2n) is 5.81. The van der Waals surface area contributed by atoms with E-state index < -0.39 is 0 Å². The first-order chi connectivity index (χ1) is 8.58. The van der Waals surface area contributed by atoms with Crippen LogP contribution in [0.3, 0.4) is 0 Å². The second-order valence-corrected chi connectivity index (χ2v) is 5.81. The summed E-state index contributed by atoms with van der Waals surface area (Å²) in [4.78, 5) is 0. The summed E-state index contributed by atoms with van der Waals surface area (Å²) in [6.45, 7) is 9.13. The lowest BCUT2D eigenvalue weighted by molar-refractivity contribution is 0.451. The van der Waals surface area contributed by atoms with Gasteiger partial charge >= 0.3 is 0 Å². The topological polar surface area (TPSA) is 12.0 Å². The zero-order valence-corrected chi connectivity index (χ0v) is 12.7. The van der Waals surface area contributed by atoms with Crippen LogP contribution in [0.5, 0.6) is 0 Å². The van der Waals surface area contributed by atoms with Gasteiger partial charge in [0.15, 0.2) is 0 Å². The normalized spacial score (nSPS) is 14.8. The van der Waals surface area contributed by atoms with E-state index in [9.17, 15) is 0 Å². The van der Waals surface area contributed by atoms with E-state index in [1.807, 2.05) is 0 Å². The van der Waals surface area contributed by atoms with Gasteiger partial charge in [-0.1, -0.05) is 58.4 Å². The van der Waals surface area contributed by atoms with Gasteiger partial charge in [0.1, 0.15) is 0 Å². The number of rotatable bonds is 7. The van der Waals surface area contributed by atoms with Crippen LogP contribution in [-0.4, -0.2) is 13.1 Å². The van der Waals surface area contributed by atoms with Crippen LogP contribution in [0.25, 0.3) is 0 Å². The summed E-state index contributed by atoms with van der Waals surface area (Å²) < 4.78 is 0. The Balaban J connectivity index is 2.71. The molecule has 1 heteroatoms. The van der Waals surface area contributed by atoms with Crippen LogP contribution < -0.4 is 5.32 Å². The predicted octanol–water partition coefficient (Wildman–Crippen LogP) is 4.38. The van der Waals surface area contributed by atoms with Gasteiger partial charge in [-0.25, -0.2) is 0 Å². The van der Waals surface area contributed by atoms with Crippen molar-refractivity contribution in [2.24, 2.45) is 5.92 Å². The molecular formula is C17H29N. The van der Waals surface area contributed by atoms with Crippen LogP contribution in [0.2, 0.25) is 0 Å². The first-order valence-electron chi connectivity index (χ1n) is 7.34. The molecule has 2 unspecified atom stereocenters. The molecular weight excluding hydrogens is 218 g/mol. The fourth-order valence-corrected chi connectivity index (χ4v) is 2.62. The van der Waals surface area contributed by atoms with Gasteiger partial charge < -0.3 is 5.32 Å². The zero-order valence-electron chi connectivity index (χ0n) is 12.7. The molecule has 18 heavy (non-hydrogen) atoms. The van der Waals surface area contributed by atoms with E-state index in [1.54, 1.807) is 0 Å². The van der Waals surface area contributed by atoms with E-state index >= 15 is 0 Å². The van der Waals surface area contributed by atoms with Gasteiger partial charge in [-0.15, -0.1) is 0 Å². The smallest absolute Gasteiger partial charge is 0.0130 e. The average Bonchev–Trinajstić information content (AvgIpc) is 2.35. The van der Waals surface area contributed by atoms with Crippen molar-refractivity contribution in [1.82, 2.24) is 5.32 Å². The first kappa shape index (κ1) is 15.2. The molecule has 0 radical (unpaired) electrons. The quantitative estimate of drug-likeness (QED) is 0.754. The Kier molecular flexibility index (Phi) is 6.42. The number of nitrogens with one attached hydrogen (secondary N) is 1. The standard InChI is InChI=1S/C17H29N/c1-6-7-17(18-5)14(4)16-10-8-15(9-11-16)12-13(2)3/h8-11,13-14,17-18H,6-7,12H2,1-5H3. The number of likely N-dealkylation sites (N-methyl/N-ethyl adjacent to an activating group) is 1. The summed E-state index contributed by atoms with van der Waals surface area (Å²) in [6.07, 6.45) is 3.66. The van der Waals surface area contributed by atoms with Crippen molar-refractivity contribution < 1.29 is 0 Å². The van der Waals surface area contributed by atoms with Crippen LogP contribution in [-0.2, 0) is 6.42 Å². The van der Waals surface area contributed by atoms with Crippen LogP contribution >= 0.6 is 0 Å². The van der Waals surface area contributed by atoms with Crippen LogP contribution in [0.15, 0.2) is 24.3 Å². The van der Waals surface area contributed by atoms with E-state index in [0.29, 0.717) is 12.0 Å². The fourth-order valence-electron chi connectivity index (χ4n) is 2.62. The maximum absolute atomic E-state index is 3.45. The highest BCUT2D eigenvalue weighted by molar-refractivity contribution is 5.26. The molecule has 0 bridgehead atoms. The SMILES string of the molecule is CCCC(NC)C(C)c1ccc(CC(C)C)cc1. The van der Waals surface area contributed by atoms with Crippen molar-refractivity contribution in [3.05, 3.63) is 35.4 Å². The predicted molar refractivity (Wildman–Crippen MR) is 81.2 cm³/mol. The monoisotopic (exact) mass is 247 g/mol. The molecule has 102 valence electrons. The van der Waals surface area contributed by atoms with Crippen molar-refractivity contribution in [3.8, 4) is 0 Å². The van der Waals surface area contributed by atoms with E-state index in [-0.39, 0.29) is 0 Å². The van der Waals surface area contributed by atoms with Crippen molar-refractivity contribution in [3.63, 3.8) is 0 Å². The lowest BCUT2D eigenvalue weighted by Gasteiger charge is -2.23. The summed E-state index contributed by atoms with van der Waals surface area (Å²) in [5, 5.41) is 3.45. The van der Waals surface area contributed by atoms with Gasteiger partial charge in [0.25, 0.3) is 0 Å². The van der Waals surface area contributed by atoms with E-state index in [2.05, 4.69) is 64.3 Å². The summed E-state index contributed by atoms with van der Waals surface area (Å²) in [5.74, 6) is 1.32. The van der Waals surface area contributed by atoms with Crippen molar-refractivity contribution in [1.29, 1.82) is 0 Å². The Morgan fingerprint density at radius 3 is 2.11 bits per heavy atom. The van der Waals surface area contributed by atoms with Crippen LogP contribution in [0, 0.1) is 5.92 Å². The third kappa shape index (κ3) is 4.45. The van der Waals surface area contributed by atoms with Crippen LogP contribution in [0.1, 0.15) is 57.6 Å². The highest BCUT2D eigenvalue weighted by Crippen LogP contribution is 2.23. The molecule has 0 aromatic heterocycles. The molecule has 0 aliphatic heterocycles. The summed E-state index contributed by atoms with van der Waals surface area (Å²) >= 11 is 0. The minimum Gasteiger partial charge on any atom is -0.316 e. The maximum atomic E-state index is 3.45. The lowest BCUT2D eigenvalue weighted by atomic mass is 9.89. The molecule has 1 aromatic rings. The van der Waals surface area contributed by atoms with Crippen molar-refractivity contribution in [2.45, 2.75) is 58.9 Å². The Morgan fingerprint density at radius 2 is 1.67 bits per heavy atom. The van der Waals surface area contributed by atoms with Gasteiger partial charge in [0.05, 0.1) is 0 Å². The fraction of sp³-hybridized carbons (Fsp3) is 0.647. The number of benzene rings is 1. The van der Waals surface area contributed by atoms with Crippen molar-refractivity contribution >= 4 is 0 Å². The first-order valence-corrected chi connectivity index (χ1v) is 7.34. The molecule has 0 aliphatic carbocycles. The molecule has 1 N–H and O–H groups in total. The molecule has 1 rings (SSSR count). The van der Waals surface area contributed by atoms with Gasteiger partial charge in [0, 0.05) is 6.04 Å². The Hall–Kier alpha value is -0.820. The van der Waals surface area contributed by atoms with E-state index in [1.165, 1.54) is 30.4 Å². The number of hydrogen-bond donors (Lipinski definition) is 1. The second kappa shape index (κ2) is 7.58.